The van der Waals surface area contributed by atoms with Gasteiger partial charge in [-0.25, -0.2) is 0 Å². The second kappa shape index (κ2) is 9.25. The molecule has 3 aliphatic rings. The second-order valence-corrected chi connectivity index (χ2v) is 8.08. The highest BCUT2D eigenvalue weighted by atomic mass is 16.5. The van der Waals surface area contributed by atoms with Crippen LogP contribution in [0.5, 0.6) is 0 Å². The van der Waals surface area contributed by atoms with E-state index in [9.17, 15) is 4.79 Å². The highest BCUT2D eigenvalue weighted by molar-refractivity contribution is 5.94. The lowest BCUT2D eigenvalue weighted by atomic mass is 10.1. The average Bonchev–Trinajstić information content (AvgIpc) is 3.27. The van der Waals surface area contributed by atoms with Crippen molar-refractivity contribution in [3.05, 3.63) is 29.8 Å². The first-order chi connectivity index (χ1) is 13.7. The Labute approximate surface area is 168 Å². The van der Waals surface area contributed by atoms with Gasteiger partial charge >= 0.3 is 0 Å². The van der Waals surface area contributed by atoms with Gasteiger partial charge in [0.05, 0.1) is 18.8 Å². The molecule has 3 aliphatic heterocycles. The molecular formula is C22H33N3O3. The molecule has 0 aromatic heterocycles. The summed E-state index contributed by atoms with van der Waals surface area (Å²) in [4.78, 5) is 19.7. The van der Waals surface area contributed by atoms with Gasteiger partial charge in [-0.05, 0) is 50.1 Å². The number of piperazine rings is 1. The second-order valence-electron chi connectivity index (χ2n) is 8.08. The smallest absolute Gasteiger partial charge is 0.253 e. The number of carbonyl (C=O) groups excluding carboxylic acids is 1. The summed E-state index contributed by atoms with van der Waals surface area (Å²) >= 11 is 0. The van der Waals surface area contributed by atoms with Crippen LogP contribution >= 0.6 is 0 Å². The molecule has 0 bridgehead atoms. The number of anilines is 1. The normalized spacial score (nSPS) is 24.7. The van der Waals surface area contributed by atoms with E-state index in [1.54, 1.807) is 0 Å². The van der Waals surface area contributed by atoms with E-state index in [0.29, 0.717) is 0 Å². The minimum atomic E-state index is 0.144. The minimum absolute atomic E-state index is 0.144. The molecule has 6 nitrogen and oxygen atoms in total. The van der Waals surface area contributed by atoms with Crippen LogP contribution in [0, 0.1) is 0 Å². The lowest BCUT2D eigenvalue weighted by molar-refractivity contribution is -0.0408. The van der Waals surface area contributed by atoms with Crippen LogP contribution in [0.25, 0.3) is 0 Å². The molecule has 1 atom stereocenters. The summed E-state index contributed by atoms with van der Waals surface area (Å²) in [6, 6.07) is 8.18. The van der Waals surface area contributed by atoms with Crippen molar-refractivity contribution in [1.29, 1.82) is 0 Å². The predicted octanol–water partition coefficient (Wildman–Crippen LogP) is 2.24. The molecule has 3 saturated heterocycles. The molecule has 1 amide bonds. The molecule has 1 aromatic rings. The van der Waals surface area contributed by atoms with Crippen LogP contribution in [-0.4, -0.2) is 86.9 Å². The van der Waals surface area contributed by atoms with Gasteiger partial charge in [-0.2, -0.15) is 0 Å². The lowest BCUT2D eigenvalue weighted by Gasteiger charge is -2.35. The fourth-order valence-electron chi connectivity index (χ4n) is 4.41. The third-order valence-electron chi connectivity index (χ3n) is 6.30. The zero-order chi connectivity index (χ0) is 19.3. The fraction of sp³-hybridized carbons (Fsp3) is 0.682. The van der Waals surface area contributed by atoms with Gasteiger partial charge in [-0.3, -0.25) is 4.79 Å². The standard InChI is InChI=1S/C22H33N3O3/c1-2-23-12-14-24(15-13-23)19-5-3-18(4-6-19)22(26)25-10-7-20(8-11-25)28-21-9-16-27-17-21/h3-6,20-21H,2,7-17H2,1H3. The van der Waals surface area contributed by atoms with Gasteiger partial charge in [0.15, 0.2) is 0 Å². The van der Waals surface area contributed by atoms with Crippen LogP contribution in [0.4, 0.5) is 5.69 Å². The van der Waals surface area contributed by atoms with E-state index >= 15 is 0 Å². The molecular weight excluding hydrogens is 354 g/mol. The monoisotopic (exact) mass is 387 g/mol. The molecule has 154 valence electrons. The van der Waals surface area contributed by atoms with Crippen LogP contribution in [-0.2, 0) is 9.47 Å². The van der Waals surface area contributed by atoms with E-state index in [4.69, 9.17) is 9.47 Å². The summed E-state index contributed by atoms with van der Waals surface area (Å²) in [5.41, 5.74) is 2.01. The predicted molar refractivity (Wildman–Crippen MR) is 110 cm³/mol. The average molecular weight is 388 g/mol. The zero-order valence-electron chi connectivity index (χ0n) is 17.0. The highest BCUT2D eigenvalue weighted by Crippen LogP contribution is 2.22. The van der Waals surface area contributed by atoms with Gasteiger partial charge in [0.2, 0.25) is 0 Å². The Morgan fingerprint density at radius 3 is 2.32 bits per heavy atom. The van der Waals surface area contributed by atoms with Crippen LogP contribution in [0.2, 0.25) is 0 Å². The molecule has 0 saturated carbocycles. The van der Waals surface area contributed by atoms with Crippen LogP contribution in [0.15, 0.2) is 24.3 Å². The van der Waals surface area contributed by atoms with Crippen molar-refractivity contribution in [2.75, 3.05) is 63.9 Å². The van der Waals surface area contributed by atoms with E-state index < -0.39 is 0 Å². The van der Waals surface area contributed by atoms with Crippen LogP contribution in [0.3, 0.4) is 0 Å². The van der Waals surface area contributed by atoms with E-state index in [1.807, 2.05) is 17.0 Å². The first-order valence-electron chi connectivity index (χ1n) is 10.8. The quantitative estimate of drug-likeness (QED) is 0.775. The maximum absolute atomic E-state index is 12.9. The molecule has 4 rings (SSSR count). The lowest BCUT2D eigenvalue weighted by Crippen LogP contribution is -2.46. The molecule has 3 fully saturated rings. The van der Waals surface area contributed by atoms with Gasteiger partial charge in [-0.15, -0.1) is 0 Å². The summed E-state index contributed by atoms with van der Waals surface area (Å²) in [7, 11) is 0. The Balaban J connectivity index is 1.27. The fourth-order valence-corrected chi connectivity index (χ4v) is 4.41. The number of likely N-dealkylation sites (N-methyl/N-ethyl adjacent to an activating group) is 1. The molecule has 28 heavy (non-hydrogen) atoms. The Hall–Kier alpha value is -1.63. The number of amides is 1. The molecule has 3 heterocycles. The van der Waals surface area contributed by atoms with Crippen LogP contribution in [0.1, 0.15) is 36.5 Å². The summed E-state index contributed by atoms with van der Waals surface area (Å²) < 4.78 is 11.5. The number of benzene rings is 1. The number of ether oxygens (including phenoxy) is 2. The summed E-state index contributed by atoms with van der Waals surface area (Å²) in [6.45, 7) is 10.8. The van der Waals surface area contributed by atoms with Gasteiger partial charge in [0, 0.05) is 57.1 Å². The molecule has 0 N–H and O–H groups in total. The minimum Gasteiger partial charge on any atom is -0.379 e. The van der Waals surface area contributed by atoms with Gasteiger partial charge in [0.1, 0.15) is 0 Å². The first-order valence-corrected chi connectivity index (χ1v) is 10.8. The third-order valence-corrected chi connectivity index (χ3v) is 6.30. The number of likely N-dealkylation sites (tertiary alicyclic amines) is 1. The Bertz CT molecular complexity index is 629. The van der Waals surface area contributed by atoms with Crippen molar-refractivity contribution in [3.8, 4) is 0 Å². The van der Waals surface area contributed by atoms with Gasteiger partial charge in [0.25, 0.3) is 5.91 Å². The summed E-state index contributed by atoms with van der Waals surface area (Å²) in [6.07, 6.45) is 3.35. The molecule has 0 spiro atoms. The van der Waals surface area contributed by atoms with E-state index in [-0.39, 0.29) is 18.1 Å². The number of carbonyl (C=O) groups is 1. The van der Waals surface area contributed by atoms with E-state index in [1.165, 1.54) is 5.69 Å². The Kier molecular flexibility index (Phi) is 6.50. The van der Waals surface area contributed by atoms with E-state index in [0.717, 1.165) is 83.9 Å². The summed E-state index contributed by atoms with van der Waals surface area (Å²) in [5.74, 6) is 0.144. The zero-order valence-corrected chi connectivity index (χ0v) is 17.0. The third kappa shape index (κ3) is 4.67. The number of hydrogen-bond donors (Lipinski definition) is 0. The van der Waals surface area contributed by atoms with Crippen molar-refractivity contribution in [1.82, 2.24) is 9.80 Å². The Morgan fingerprint density at radius 1 is 1.00 bits per heavy atom. The van der Waals surface area contributed by atoms with Crippen LogP contribution < -0.4 is 4.90 Å². The molecule has 0 radical (unpaired) electrons. The van der Waals surface area contributed by atoms with Crippen molar-refractivity contribution < 1.29 is 14.3 Å². The molecule has 0 aliphatic carbocycles. The van der Waals surface area contributed by atoms with Gasteiger partial charge in [-0.1, -0.05) is 6.92 Å². The number of piperidine rings is 1. The number of rotatable bonds is 5. The molecule has 6 heteroatoms. The highest BCUT2D eigenvalue weighted by Gasteiger charge is 2.27. The van der Waals surface area contributed by atoms with Crippen molar-refractivity contribution in [2.45, 2.75) is 38.4 Å². The molecule has 1 unspecified atom stereocenters. The van der Waals surface area contributed by atoms with Crippen molar-refractivity contribution in [3.63, 3.8) is 0 Å². The summed E-state index contributed by atoms with van der Waals surface area (Å²) in [5, 5.41) is 0. The number of nitrogens with zero attached hydrogens (tertiary/aromatic N) is 3. The number of hydrogen-bond acceptors (Lipinski definition) is 5. The topological polar surface area (TPSA) is 45.2 Å². The first kappa shape index (κ1) is 19.7. The molecule has 1 aromatic carbocycles. The van der Waals surface area contributed by atoms with Crippen molar-refractivity contribution in [2.24, 2.45) is 0 Å². The Morgan fingerprint density at radius 2 is 1.71 bits per heavy atom. The van der Waals surface area contributed by atoms with Gasteiger partial charge < -0.3 is 24.2 Å². The maximum atomic E-state index is 12.9. The SMILES string of the molecule is CCN1CCN(c2ccc(C(=O)N3CCC(OC4CCOC4)CC3)cc2)CC1. The van der Waals surface area contributed by atoms with Crippen molar-refractivity contribution >= 4 is 11.6 Å². The maximum Gasteiger partial charge on any atom is 0.253 e. The van der Waals surface area contributed by atoms with E-state index in [2.05, 4.69) is 28.9 Å². The largest absolute Gasteiger partial charge is 0.379 e.